The number of β-amino-alcohol motifs (C(OH)–C–C–N with tert-alkyl or cyclic N) is 1. The van der Waals surface area contributed by atoms with Gasteiger partial charge in [0, 0.05) is 18.3 Å². The molecule has 1 aliphatic rings. The number of pyridine rings is 2. The third kappa shape index (κ3) is 7.65. The Morgan fingerprint density at radius 3 is 2.55 bits per heavy atom. The summed E-state index contributed by atoms with van der Waals surface area (Å²) in [5.74, 6) is 0.0896. The molecule has 1 fully saturated rings. The van der Waals surface area contributed by atoms with Gasteiger partial charge >= 0.3 is 6.09 Å². The number of ether oxygens (including phenoxy) is 2. The van der Waals surface area contributed by atoms with Crippen LogP contribution in [0.3, 0.4) is 0 Å². The van der Waals surface area contributed by atoms with E-state index in [4.69, 9.17) is 13.9 Å². The zero-order valence-corrected chi connectivity index (χ0v) is 29.7. The highest BCUT2D eigenvalue weighted by molar-refractivity contribution is 6.74. The molecule has 0 saturated carbocycles. The summed E-state index contributed by atoms with van der Waals surface area (Å²) in [5, 5.41) is 24.5. The predicted octanol–water partition coefficient (Wildman–Crippen LogP) is 6.12. The first-order chi connectivity index (χ1) is 21.9. The van der Waals surface area contributed by atoms with Gasteiger partial charge in [0.25, 0.3) is 0 Å². The van der Waals surface area contributed by atoms with Gasteiger partial charge in [-0.1, -0.05) is 26.0 Å². The number of aliphatic hydroxyl groups excluding tert-OH is 1. The molecule has 14 heteroatoms. The van der Waals surface area contributed by atoms with E-state index in [0.29, 0.717) is 35.7 Å². The van der Waals surface area contributed by atoms with Crippen molar-refractivity contribution in [1.82, 2.24) is 34.5 Å². The Balaban J connectivity index is 1.42. The lowest BCUT2D eigenvalue weighted by Crippen LogP contribution is -2.49. The number of hydrogen-bond donors (Lipinski definition) is 1. The van der Waals surface area contributed by atoms with Crippen LogP contribution >= 0.6 is 0 Å². The summed E-state index contributed by atoms with van der Waals surface area (Å²) in [4.78, 5) is 18.5. The van der Waals surface area contributed by atoms with Crippen molar-refractivity contribution in [3.63, 3.8) is 0 Å². The van der Waals surface area contributed by atoms with Gasteiger partial charge in [0.05, 0.1) is 49.1 Å². The Labute approximate surface area is 276 Å². The maximum absolute atomic E-state index is 13.8. The van der Waals surface area contributed by atoms with Gasteiger partial charge in [0.15, 0.2) is 14.4 Å². The molecule has 254 valence electrons. The highest BCUT2D eigenvalue weighted by atomic mass is 28.4. The SMILES string of the molecule is Cc1c(-c2cc(OC(CO[Si](C)(C)C(C)(C)C)c3ccc(F)cn3)c3ccnn3c2)nnn1C1CCN(C(=O)OC(C)(C)C)C[C@H]1O. The van der Waals surface area contributed by atoms with Crippen LogP contribution in [0.5, 0.6) is 5.75 Å². The van der Waals surface area contributed by atoms with E-state index in [0.717, 1.165) is 11.2 Å². The number of piperidine rings is 1. The Bertz CT molecular complexity index is 1710. The molecule has 4 aromatic rings. The molecule has 0 aliphatic carbocycles. The smallest absolute Gasteiger partial charge is 0.410 e. The number of nitrogens with zero attached hydrogens (tertiary/aromatic N) is 7. The van der Waals surface area contributed by atoms with Gasteiger partial charge in [-0.05, 0) is 76.5 Å². The Hall–Kier alpha value is -3.88. The average Bonchev–Trinajstić information content (AvgIpc) is 3.61. The lowest BCUT2D eigenvalue weighted by atomic mass is 10.0. The Morgan fingerprint density at radius 1 is 1.17 bits per heavy atom. The van der Waals surface area contributed by atoms with Crippen LogP contribution in [0, 0.1) is 12.7 Å². The van der Waals surface area contributed by atoms with Gasteiger partial charge in [-0.2, -0.15) is 5.10 Å². The quantitative estimate of drug-likeness (QED) is 0.221. The largest absolute Gasteiger partial charge is 0.479 e. The summed E-state index contributed by atoms with van der Waals surface area (Å²) in [6.07, 6.45) is 3.26. The third-order valence-electron chi connectivity index (χ3n) is 8.93. The first-order valence-electron chi connectivity index (χ1n) is 15.9. The number of aromatic nitrogens is 6. The van der Waals surface area contributed by atoms with Gasteiger partial charge < -0.3 is 23.9 Å². The summed E-state index contributed by atoms with van der Waals surface area (Å²) < 4.78 is 35.9. The van der Waals surface area contributed by atoms with Crippen LogP contribution in [-0.2, 0) is 9.16 Å². The molecule has 1 amide bonds. The number of likely N-dealkylation sites (tertiary alicyclic amines) is 1. The second-order valence-corrected chi connectivity index (χ2v) is 19.5. The first-order valence-corrected chi connectivity index (χ1v) is 18.8. The minimum Gasteiger partial charge on any atom is -0.479 e. The highest BCUT2D eigenvalue weighted by Crippen LogP contribution is 2.38. The van der Waals surface area contributed by atoms with Crippen LogP contribution < -0.4 is 4.74 Å². The number of aliphatic hydroxyl groups is 1. The second-order valence-electron chi connectivity index (χ2n) is 14.7. The van der Waals surface area contributed by atoms with E-state index in [1.807, 2.05) is 46.0 Å². The number of amides is 1. The highest BCUT2D eigenvalue weighted by Gasteiger charge is 2.38. The van der Waals surface area contributed by atoms with Crippen LogP contribution in [0.1, 0.15) is 71.5 Å². The lowest BCUT2D eigenvalue weighted by Gasteiger charge is -2.37. The molecular formula is C33H46FN7O5Si. The van der Waals surface area contributed by atoms with Gasteiger partial charge in [0.2, 0.25) is 0 Å². The summed E-state index contributed by atoms with van der Waals surface area (Å²) in [6.45, 7) is 19.0. The van der Waals surface area contributed by atoms with Crippen molar-refractivity contribution < 1.29 is 28.2 Å². The fourth-order valence-electron chi connectivity index (χ4n) is 5.25. The summed E-state index contributed by atoms with van der Waals surface area (Å²) in [5.41, 5.74) is 2.70. The van der Waals surface area contributed by atoms with Gasteiger partial charge in [0.1, 0.15) is 28.4 Å². The van der Waals surface area contributed by atoms with E-state index in [-0.39, 0.29) is 24.2 Å². The number of carbonyl (C=O) groups excluding carboxylic acids is 1. The molecule has 5 rings (SSSR count). The van der Waals surface area contributed by atoms with Gasteiger partial charge in [-0.3, -0.25) is 4.98 Å². The van der Waals surface area contributed by atoms with Crippen molar-refractivity contribution in [1.29, 1.82) is 0 Å². The number of rotatable bonds is 8. The zero-order chi connectivity index (χ0) is 34.3. The van der Waals surface area contributed by atoms with E-state index < -0.39 is 38.0 Å². The molecule has 1 saturated heterocycles. The number of fused-ring (bicyclic) bond motifs is 1. The predicted molar refractivity (Wildman–Crippen MR) is 177 cm³/mol. The summed E-state index contributed by atoms with van der Waals surface area (Å²) >= 11 is 0. The van der Waals surface area contributed by atoms with Crippen LogP contribution in [0.4, 0.5) is 9.18 Å². The fourth-order valence-corrected chi connectivity index (χ4v) is 6.25. The molecule has 1 N–H and O–H groups in total. The molecule has 0 radical (unpaired) electrons. The molecule has 0 spiro atoms. The van der Waals surface area contributed by atoms with Crippen LogP contribution in [0.25, 0.3) is 16.8 Å². The summed E-state index contributed by atoms with van der Waals surface area (Å²) in [7, 11) is -2.15. The van der Waals surface area contributed by atoms with Crippen molar-refractivity contribution >= 4 is 19.9 Å². The topological polar surface area (TPSA) is 129 Å². The first kappa shape index (κ1) is 34.5. The third-order valence-corrected chi connectivity index (χ3v) is 13.4. The van der Waals surface area contributed by atoms with Gasteiger partial charge in [-0.15, -0.1) is 5.10 Å². The van der Waals surface area contributed by atoms with Crippen molar-refractivity contribution in [2.45, 2.75) is 96.9 Å². The minimum absolute atomic E-state index is 0.0182. The molecule has 1 aliphatic heterocycles. The second kappa shape index (κ2) is 13.0. The van der Waals surface area contributed by atoms with Gasteiger partial charge in [-0.25, -0.2) is 18.4 Å². The Morgan fingerprint density at radius 2 is 1.91 bits per heavy atom. The van der Waals surface area contributed by atoms with Crippen LogP contribution in [0.2, 0.25) is 18.1 Å². The van der Waals surface area contributed by atoms with Crippen molar-refractivity contribution in [3.8, 4) is 17.0 Å². The molecule has 3 atom stereocenters. The van der Waals surface area contributed by atoms with E-state index in [1.165, 1.54) is 17.2 Å². The molecular weight excluding hydrogens is 621 g/mol. The number of halogens is 1. The van der Waals surface area contributed by atoms with Crippen molar-refractivity contribution in [3.05, 3.63) is 60.1 Å². The molecule has 4 aromatic heterocycles. The number of carbonyl (C=O) groups is 1. The normalized spacial score (nSPS) is 18.4. The van der Waals surface area contributed by atoms with Crippen LogP contribution in [-0.4, -0.2) is 85.4 Å². The van der Waals surface area contributed by atoms with E-state index in [9.17, 15) is 14.3 Å². The maximum atomic E-state index is 13.8. The van der Waals surface area contributed by atoms with E-state index in [1.54, 1.807) is 21.5 Å². The molecule has 0 bridgehead atoms. The standard InChI is InChI=1S/C33H46FN7O5Si/c1-21-30(37-38-41(21)25-13-15-39(19-27(25)42)31(43)46-32(2,3)4)22-16-28(26-12-14-36-40(26)18-22)45-29(24-11-10-23(34)17-35-24)20-44-47(8,9)33(5,6)7/h10-12,14,16-18,25,27,29,42H,13,15,19-20H2,1-9H3/t25?,27-,29?/m1/s1. The average molecular weight is 668 g/mol. The van der Waals surface area contributed by atoms with Crippen molar-refractivity contribution in [2.75, 3.05) is 19.7 Å². The lowest BCUT2D eigenvalue weighted by molar-refractivity contribution is -0.0123. The van der Waals surface area contributed by atoms with E-state index >= 15 is 0 Å². The minimum atomic E-state index is -2.15. The zero-order valence-electron chi connectivity index (χ0n) is 28.7. The van der Waals surface area contributed by atoms with Crippen LogP contribution in [0.15, 0.2) is 42.9 Å². The molecule has 47 heavy (non-hydrogen) atoms. The van der Waals surface area contributed by atoms with Crippen molar-refractivity contribution in [2.24, 2.45) is 0 Å². The maximum Gasteiger partial charge on any atom is 0.410 e. The molecule has 5 heterocycles. The molecule has 2 unspecified atom stereocenters. The monoisotopic (exact) mass is 667 g/mol. The Kier molecular flexibility index (Phi) is 9.50. The molecule has 0 aromatic carbocycles. The molecule has 12 nitrogen and oxygen atoms in total. The number of hydrogen-bond acceptors (Lipinski definition) is 9. The van der Waals surface area contributed by atoms with E-state index in [2.05, 4.69) is 54.3 Å². The summed E-state index contributed by atoms with van der Waals surface area (Å²) in [6, 6.07) is 6.33. The fraction of sp³-hybridized carbons (Fsp3) is 0.545.